The van der Waals surface area contributed by atoms with Gasteiger partial charge in [0, 0.05) is 12.3 Å². The zero-order chi connectivity index (χ0) is 20.1. The number of hydrogen-bond acceptors (Lipinski definition) is 8. The van der Waals surface area contributed by atoms with Gasteiger partial charge >= 0.3 is 10.8 Å². The maximum Gasteiger partial charge on any atom is 0.311 e. The van der Waals surface area contributed by atoms with E-state index >= 15 is 0 Å². The van der Waals surface area contributed by atoms with Gasteiger partial charge in [-0.1, -0.05) is 18.3 Å². The first-order valence-electron chi connectivity index (χ1n) is 8.55. The smallest absolute Gasteiger partial charge is 0.311 e. The molecule has 0 saturated carbocycles. The molecule has 0 unspecified atom stereocenters. The SMILES string of the molecule is CC[C@H]([C@@H]1C[C@@H](O)[C@H](n2c(=O)sc3c(=O)[nH]c(N)nc32)O1)C(C)(C)C(=O)O. The van der Waals surface area contributed by atoms with Gasteiger partial charge in [0.2, 0.25) is 5.95 Å². The number of fused-ring (bicyclic) bond motifs is 1. The van der Waals surface area contributed by atoms with Crippen LogP contribution in [-0.2, 0) is 9.53 Å². The number of anilines is 1. The Bertz CT molecular complexity index is 993. The molecule has 0 amide bonds. The van der Waals surface area contributed by atoms with Crippen LogP contribution >= 0.6 is 11.3 Å². The molecule has 1 saturated heterocycles. The Balaban J connectivity index is 2.02. The molecule has 0 aliphatic carbocycles. The number of aromatic nitrogens is 3. The molecule has 1 aliphatic heterocycles. The Morgan fingerprint density at radius 2 is 2.19 bits per heavy atom. The average molecular weight is 398 g/mol. The minimum atomic E-state index is -1.07. The molecular formula is C16H22N4O6S. The van der Waals surface area contributed by atoms with E-state index in [1.165, 1.54) is 0 Å². The highest BCUT2D eigenvalue weighted by molar-refractivity contribution is 7.16. The zero-order valence-electron chi connectivity index (χ0n) is 15.1. The van der Waals surface area contributed by atoms with Crippen LogP contribution in [0, 0.1) is 11.3 Å². The van der Waals surface area contributed by atoms with E-state index in [-0.39, 0.29) is 28.6 Å². The van der Waals surface area contributed by atoms with E-state index in [2.05, 4.69) is 9.97 Å². The molecule has 4 atom stereocenters. The van der Waals surface area contributed by atoms with Crippen molar-refractivity contribution in [2.24, 2.45) is 11.3 Å². The third kappa shape index (κ3) is 3.15. The van der Waals surface area contributed by atoms with Crippen LogP contribution in [0.1, 0.15) is 39.8 Å². The second kappa shape index (κ2) is 6.73. The third-order valence-electron chi connectivity index (χ3n) is 5.23. The summed E-state index contributed by atoms with van der Waals surface area (Å²) < 4.78 is 7.15. The summed E-state index contributed by atoms with van der Waals surface area (Å²) >= 11 is 0.689. The molecule has 1 fully saturated rings. The summed E-state index contributed by atoms with van der Waals surface area (Å²) in [5.74, 6) is -1.49. The van der Waals surface area contributed by atoms with Gasteiger partial charge < -0.3 is 20.7 Å². The van der Waals surface area contributed by atoms with Crippen molar-refractivity contribution in [3.63, 3.8) is 0 Å². The van der Waals surface area contributed by atoms with Crippen LogP contribution in [0.25, 0.3) is 10.3 Å². The molecule has 5 N–H and O–H groups in total. The summed E-state index contributed by atoms with van der Waals surface area (Å²) in [6.07, 6.45) is -1.99. The number of carboxylic acids is 1. The van der Waals surface area contributed by atoms with Crippen molar-refractivity contribution in [3.8, 4) is 0 Å². The van der Waals surface area contributed by atoms with Crippen LogP contribution in [0.2, 0.25) is 0 Å². The van der Waals surface area contributed by atoms with Gasteiger partial charge in [0.05, 0.1) is 11.5 Å². The van der Waals surface area contributed by atoms with Crippen molar-refractivity contribution in [1.29, 1.82) is 0 Å². The highest BCUT2D eigenvalue weighted by atomic mass is 32.1. The maximum atomic E-state index is 12.4. The lowest BCUT2D eigenvalue weighted by atomic mass is 9.73. The predicted octanol–water partition coefficient (Wildman–Crippen LogP) is 0.514. The first-order chi connectivity index (χ1) is 12.6. The van der Waals surface area contributed by atoms with Gasteiger partial charge in [-0.05, 0) is 20.3 Å². The summed E-state index contributed by atoms with van der Waals surface area (Å²) in [4.78, 5) is 41.9. The molecule has 2 aromatic rings. The number of nitrogen functional groups attached to an aromatic ring is 1. The highest BCUT2D eigenvalue weighted by Crippen LogP contribution is 2.42. The zero-order valence-corrected chi connectivity index (χ0v) is 15.9. The quantitative estimate of drug-likeness (QED) is 0.567. The molecule has 148 valence electrons. The van der Waals surface area contributed by atoms with E-state index < -0.39 is 40.3 Å². The molecule has 0 spiro atoms. The van der Waals surface area contributed by atoms with Crippen LogP contribution in [0.15, 0.2) is 9.59 Å². The fourth-order valence-corrected chi connectivity index (χ4v) is 4.58. The van der Waals surface area contributed by atoms with E-state index in [1.807, 2.05) is 6.92 Å². The monoisotopic (exact) mass is 398 g/mol. The number of carbonyl (C=O) groups is 1. The third-order valence-corrected chi connectivity index (χ3v) is 6.17. The number of aliphatic hydroxyl groups is 1. The van der Waals surface area contributed by atoms with Crippen LogP contribution < -0.4 is 16.2 Å². The van der Waals surface area contributed by atoms with Crippen molar-refractivity contribution in [2.45, 2.75) is 52.0 Å². The van der Waals surface area contributed by atoms with Crippen molar-refractivity contribution >= 4 is 33.6 Å². The number of nitrogens with zero attached hydrogens (tertiary/aromatic N) is 2. The molecule has 27 heavy (non-hydrogen) atoms. The number of rotatable bonds is 5. The lowest BCUT2D eigenvalue weighted by Gasteiger charge is -2.33. The first kappa shape index (κ1) is 19.5. The van der Waals surface area contributed by atoms with Gasteiger partial charge in [-0.3, -0.25) is 23.9 Å². The van der Waals surface area contributed by atoms with Crippen LogP contribution in [-0.4, -0.2) is 42.9 Å². The molecule has 2 aromatic heterocycles. The van der Waals surface area contributed by atoms with Crippen LogP contribution in [0.5, 0.6) is 0 Å². The van der Waals surface area contributed by atoms with Crippen LogP contribution in [0.3, 0.4) is 0 Å². The number of thiazole rings is 1. The minimum Gasteiger partial charge on any atom is -0.481 e. The maximum absolute atomic E-state index is 12.4. The van der Waals surface area contributed by atoms with Gasteiger partial charge in [-0.2, -0.15) is 4.98 Å². The van der Waals surface area contributed by atoms with Gasteiger partial charge in [0.25, 0.3) is 5.56 Å². The van der Waals surface area contributed by atoms with Crippen molar-refractivity contribution in [2.75, 3.05) is 5.73 Å². The predicted molar refractivity (Wildman–Crippen MR) is 98.6 cm³/mol. The van der Waals surface area contributed by atoms with Crippen LogP contribution in [0.4, 0.5) is 5.95 Å². The van der Waals surface area contributed by atoms with Crippen molar-refractivity contribution < 1.29 is 19.7 Å². The summed E-state index contributed by atoms with van der Waals surface area (Å²) in [6.45, 7) is 5.08. The van der Waals surface area contributed by atoms with Crippen molar-refractivity contribution in [1.82, 2.24) is 14.5 Å². The number of aromatic amines is 1. The van der Waals surface area contributed by atoms with E-state index in [0.717, 1.165) is 4.57 Å². The highest BCUT2D eigenvalue weighted by Gasteiger charge is 2.47. The molecule has 0 aromatic carbocycles. The Kier molecular flexibility index (Phi) is 4.87. The first-order valence-corrected chi connectivity index (χ1v) is 9.37. The summed E-state index contributed by atoms with van der Waals surface area (Å²) in [7, 11) is 0. The topological polar surface area (TPSA) is 161 Å². The number of nitrogens with two attached hydrogens (primary N) is 1. The molecule has 3 rings (SSSR count). The molecule has 10 nitrogen and oxygen atoms in total. The lowest BCUT2D eigenvalue weighted by Crippen LogP contribution is -2.39. The fraction of sp³-hybridized carbons (Fsp3) is 0.625. The number of aliphatic carboxylic acids is 1. The largest absolute Gasteiger partial charge is 0.481 e. The number of ether oxygens (including phenoxy) is 1. The number of carboxylic acid groups (broad SMARTS) is 1. The molecule has 0 radical (unpaired) electrons. The Morgan fingerprint density at radius 3 is 2.78 bits per heavy atom. The summed E-state index contributed by atoms with van der Waals surface area (Å²) in [5.41, 5.74) is 4.01. The average Bonchev–Trinajstić information content (AvgIpc) is 3.07. The van der Waals surface area contributed by atoms with E-state index in [4.69, 9.17) is 10.5 Å². The van der Waals surface area contributed by atoms with Gasteiger partial charge in [-0.15, -0.1) is 0 Å². The fourth-order valence-electron chi connectivity index (χ4n) is 3.74. The van der Waals surface area contributed by atoms with Crippen molar-refractivity contribution in [3.05, 3.63) is 20.0 Å². The number of nitrogens with one attached hydrogen (secondary N) is 1. The van der Waals surface area contributed by atoms with E-state index in [1.54, 1.807) is 13.8 Å². The van der Waals surface area contributed by atoms with E-state index in [0.29, 0.717) is 17.8 Å². The molecular weight excluding hydrogens is 376 g/mol. The Morgan fingerprint density at radius 1 is 1.52 bits per heavy atom. The van der Waals surface area contributed by atoms with Gasteiger partial charge in [0.15, 0.2) is 11.9 Å². The lowest BCUT2D eigenvalue weighted by molar-refractivity contribution is -0.155. The van der Waals surface area contributed by atoms with E-state index in [9.17, 15) is 24.6 Å². The van der Waals surface area contributed by atoms with Gasteiger partial charge in [0.1, 0.15) is 10.8 Å². The minimum absolute atomic E-state index is 0.0430. The van der Waals surface area contributed by atoms with Gasteiger partial charge in [-0.25, -0.2) is 0 Å². The second-order valence-corrected chi connectivity index (χ2v) is 8.21. The Hall–Kier alpha value is -2.24. The summed E-state index contributed by atoms with van der Waals surface area (Å²) in [5, 5.41) is 20.1. The number of aliphatic hydroxyl groups excluding tert-OH is 1. The molecule has 1 aliphatic rings. The standard InChI is InChI=1S/C16H22N4O6S/c1-4-6(16(2,3)13(23)24)8-5-7(21)12(26-8)20-10-9(27-15(20)25)11(22)19-14(17)18-10/h6-8,12,21H,4-5H2,1-3H3,(H,23,24)(H3,17,18,19,22)/t6-,7-,8+,12-/m1/s1. The normalized spacial score (nSPS) is 24.4. The molecule has 3 heterocycles. The molecule has 0 bridgehead atoms. The Labute approximate surface area is 157 Å². The molecule has 11 heteroatoms. The number of hydrogen-bond donors (Lipinski definition) is 4. The summed E-state index contributed by atoms with van der Waals surface area (Å²) in [6, 6.07) is 0. The number of H-pyrrole nitrogens is 1. The second-order valence-electron chi connectivity index (χ2n) is 7.25.